The summed E-state index contributed by atoms with van der Waals surface area (Å²) in [5, 5.41) is 12.0. The van der Waals surface area contributed by atoms with Crippen LogP contribution in [0, 0.1) is 5.92 Å². The molecule has 1 aromatic carbocycles. The van der Waals surface area contributed by atoms with Crippen LogP contribution >= 0.6 is 11.6 Å². The molecule has 0 heterocycles. The van der Waals surface area contributed by atoms with E-state index in [1.165, 1.54) is 0 Å². The van der Waals surface area contributed by atoms with Gasteiger partial charge in [-0.2, -0.15) is 0 Å². The summed E-state index contributed by atoms with van der Waals surface area (Å²) in [6.07, 6.45) is 0.0753. The summed E-state index contributed by atoms with van der Waals surface area (Å²) in [6.45, 7) is 3.81. The van der Waals surface area contributed by atoms with E-state index in [0.29, 0.717) is 10.6 Å². The molecule has 0 saturated heterocycles. The molecule has 1 aromatic rings. The van der Waals surface area contributed by atoms with Crippen molar-refractivity contribution < 1.29 is 14.7 Å². The predicted octanol–water partition coefficient (Wildman–Crippen LogP) is 1.96. The van der Waals surface area contributed by atoms with Gasteiger partial charge in [0.1, 0.15) is 0 Å². The molecule has 0 aliphatic rings. The second-order valence-electron chi connectivity index (χ2n) is 4.97. The molecule has 5 nitrogen and oxygen atoms in total. The molecule has 0 aliphatic carbocycles. The van der Waals surface area contributed by atoms with Gasteiger partial charge in [0, 0.05) is 23.0 Å². The summed E-state index contributed by atoms with van der Waals surface area (Å²) in [6, 6.07) is 5.04. The topological polar surface area (TPSA) is 92.4 Å². The number of hydrogen-bond donors (Lipinski definition) is 3. The number of carbonyl (C=O) groups excluding carboxylic acids is 1. The minimum atomic E-state index is -1.17. The zero-order chi connectivity index (χ0) is 15.3. The second-order valence-corrected chi connectivity index (χ2v) is 5.38. The number of nitrogens with one attached hydrogen (secondary N) is 1. The molecule has 1 amide bonds. The van der Waals surface area contributed by atoms with Gasteiger partial charge in [0.25, 0.3) is 0 Å². The Morgan fingerprint density at radius 3 is 2.45 bits per heavy atom. The number of benzene rings is 1. The van der Waals surface area contributed by atoms with Crippen molar-refractivity contribution in [1.82, 2.24) is 5.32 Å². The molecule has 0 bridgehead atoms. The first-order valence-electron chi connectivity index (χ1n) is 6.35. The molecule has 0 spiro atoms. The summed E-state index contributed by atoms with van der Waals surface area (Å²) >= 11 is 5.96. The van der Waals surface area contributed by atoms with Crippen molar-refractivity contribution >= 4 is 23.5 Å². The van der Waals surface area contributed by atoms with Crippen LogP contribution in [0.25, 0.3) is 0 Å². The van der Waals surface area contributed by atoms with Gasteiger partial charge in [0.2, 0.25) is 5.91 Å². The highest BCUT2D eigenvalue weighted by Crippen LogP contribution is 2.23. The summed E-state index contributed by atoms with van der Waals surface area (Å²) in [4.78, 5) is 23.2. The van der Waals surface area contributed by atoms with E-state index in [1.807, 2.05) is 13.8 Å². The van der Waals surface area contributed by atoms with Gasteiger partial charge in [-0.25, -0.2) is 4.79 Å². The Kier molecular flexibility index (Phi) is 5.98. The maximum Gasteiger partial charge on any atom is 0.330 e. The van der Waals surface area contributed by atoms with Crippen LogP contribution in [0.2, 0.25) is 5.02 Å². The molecule has 110 valence electrons. The van der Waals surface area contributed by atoms with E-state index < -0.39 is 17.9 Å². The molecular formula is C14H19ClN2O3. The average Bonchev–Trinajstić information content (AvgIpc) is 2.36. The molecule has 0 aliphatic heterocycles. The van der Waals surface area contributed by atoms with E-state index >= 15 is 0 Å². The van der Waals surface area contributed by atoms with Gasteiger partial charge in [0.15, 0.2) is 6.04 Å². The number of carboxylic acid groups (broad SMARTS) is 1. The highest BCUT2D eigenvalue weighted by atomic mass is 35.5. The van der Waals surface area contributed by atoms with Crippen LogP contribution in [0.15, 0.2) is 24.3 Å². The Bertz CT molecular complexity index is 491. The summed E-state index contributed by atoms with van der Waals surface area (Å²) < 4.78 is 0. The van der Waals surface area contributed by atoms with Crippen LogP contribution in [0.3, 0.4) is 0 Å². The smallest absolute Gasteiger partial charge is 0.330 e. The first kappa shape index (κ1) is 16.5. The maximum absolute atomic E-state index is 11.9. The van der Waals surface area contributed by atoms with E-state index in [-0.39, 0.29) is 18.4 Å². The number of amides is 1. The maximum atomic E-state index is 11.9. The Morgan fingerprint density at radius 2 is 1.95 bits per heavy atom. The zero-order valence-electron chi connectivity index (χ0n) is 11.5. The van der Waals surface area contributed by atoms with E-state index in [9.17, 15) is 14.7 Å². The SMILES string of the molecule is CC(C)C(N)CC(=O)N[C@@H](C(=O)O)c1ccccc1Cl. The normalized spacial score (nSPS) is 13.8. The molecule has 0 aromatic heterocycles. The van der Waals surface area contributed by atoms with Gasteiger partial charge in [-0.05, 0) is 12.0 Å². The molecule has 4 N–H and O–H groups in total. The van der Waals surface area contributed by atoms with Crippen molar-refractivity contribution in [1.29, 1.82) is 0 Å². The van der Waals surface area contributed by atoms with Crippen LogP contribution in [0.4, 0.5) is 0 Å². The summed E-state index contributed by atoms with van der Waals surface area (Å²) in [7, 11) is 0. The van der Waals surface area contributed by atoms with Gasteiger partial charge in [-0.1, -0.05) is 43.6 Å². The number of carboxylic acids is 1. The predicted molar refractivity (Wildman–Crippen MR) is 77.4 cm³/mol. The van der Waals surface area contributed by atoms with Gasteiger partial charge in [-0.15, -0.1) is 0 Å². The Hall–Kier alpha value is -1.59. The fraction of sp³-hybridized carbons (Fsp3) is 0.429. The van der Waals surface area contributed by atoms with Crippen molar-refractivity contribution in [2.45, 2.75) is 32.4 Å². The average molecular weight is 299 g/mol. The van der Waals surface area contributed by atoms with Crippen molar-refractivity contribution in [3.63, 3.8) is 0 Å². The van der Waals surface area contributed by atoms with Crippen molar-refractivity contribution in [2.24, 2.45) is 11.7 Å². The third kappa shape index (κ3) is 4.51. The van der Waals surface area contributed by atoms with Crippen LogP contribution in [0.1, 0.15) is 31.9 Å². The fourth-order valence-corrected chi connectivity index (χ4v) is 1.90. The van der Waals surface area contributed by atoms with Gasteiger partial charge in [0.05, 0.1) is 0 Å². The van der Waals surface area contributed by atoms with Crippen LogP contribution in [-0.4, -0.2) is 23.0 Å². The number of nitrogens with two attached hydrogens (primary N) is 1. The molecule has 6 heteroatoms. The summed E-state index contributed by atoms with van der Waals surface area (Å²) in [5.74, 6) is -1.42. The van der Waals surface area contributed by atoms with E-state index in [0.717, 1.165) is 0 Å². The quantitative estimate of drug-likeness (QED) is 0.748. The molecule has 1 unspecified atom stereocenters. The van der Waals surface area contributed by atoms with Gasteiger partial charge >= 0.3 is 5.97 Å². The Labute approximate surface area is 123 Å². The first-order valence-corrected chi connectivity index (χ1v) is 6.73. The van der Waals surface area contributed by atoms with Crippen molar-refractivity contribution in [3.8, 4) is 0 Å². The molecule has 0 fully saturated rings. The number of aliphatic carboxylic acids is 1. The minimum Gasteiger partial charge on any atom is -0.479 e. The molecule has 20 heavy (non-hydrogen) atoms. The largest absolute Gasteiger partial charge is 0.479 e. The molecule has 1 rings (SSSR count). The molecule has 0 saturated carbocycles. The van der Waals surface area contributed by atoms with Crippen LogP contribution in [-0.2, 0) is 9.59 Å². The van der Waals surface area contributed by atoms with Gasteiger partial charge < -0.3 is 16.2 Å². The number of hydrogen-bond acceptors (Lipinski definition) is 3. The fourth-order valence-electron chi connectivity index (χ4n) is 1.65. The standard InChI is InChI=1S/C14H19ClN2O3/c1-8(2)11(16)7-12(18)17-13(14(19)20)9-5-3-4-6-10(9)15/h3-6,8,11,13H,7,16H2,1-2H3,(H,17,18)(H,19,20)/t11?,13-/m1/s1. The minimum absolute atomic E-state index is 0.0753. The highest BCUT2D eigenvalue weighted by Gasteiger charge is 2.25. The van der Waals surface area contributed by atoms with Crippen molar-refractivity contribution in [3.05, 3.63) is 34.9 Å². The monoisotopic (exact) mass is 298 g/mol. The Morgan fingerprint density at radius 1 is 1.35 bits per heavy atom. The number of rotatable bonds is 6. The van der Waals surface area contributed by atoms with E-state index in [4.69, 9.17) is 17.3 Å². The number of carbonyl (C=O) groups is 2. The second kappa shape index (κ2) is 7.26. The third-order valence-corrected chi connectivity index (χ3v) is 3.39. The van der Waals surface area contributed by atoms with E-state index in [2.05, 4.69) is 5.32 Å². The summed E-state index contributed by atoms with van der Waals surface area (Å²) in [5.41, 5.74) is 6.16. The van der Waals surface area contributed by atoms with Crippen molar-refractivity contribution in [2.75, 3.05) is 0 Å². The lowest BCUT2D eigenvalue weighted by Crippen LogP contribution is -2.39. The lowest BCUT2D eigenvalue weighted by atomic mass is 10.0. The third-order valence-electron chi connectivity index (χ3n) is 3.05. The molecule has 0 radical (unpaired) electrons. The van der Waals surface area contributed by atoms with Gasteiger partial charge in [-0.3, -0.25) is 4.79 Å². The Balaban J connectivity index is 2.82. The lowest BCUT2D eigenvalue weighted by Gasteiger charge is -2.19. The van der Waals surface area contributed by atoms with Crippen LogP contribution < -0.4 is 11.1 Å². The first-order chi connectivity index (χ1) is 9.32. The zero-order valence-corrected chi connectivity index (χ0v) is 12.2. The van der Waals surface area contributed by atoms with E-state index in [1.54, 1.807) is 24.3 Å². The molecular weight excluding hydrogens is 280 g/mol. The molecule has 2 atom stereocenters. The highest BCUT2D eigenvalue weighted by molar-refractivity contribution is 6.31. The van der Waals surface area contributed by atoms with Crippen LogP contribution in [0.5, 0.6) is 0 Å². The number of halogens is 1. The lowest BCUT2D eigenvalue weighted by molar-refractivity contribution is -0.142.